The molecule has 2 heterocycles. The molecule has 1 aliphatic heterocycles. The number of anilines is 1. The largest absolute Gasteiger partial charge is 0.507 e. The Morgan fingerprint density at radius 2 is 1.77 bits per heavy atom. The second kappa shape index (κ2) is 9.48. The van der Waals surface area contributed by atoms with E-state index in [2.05, 4.69) is 15.5 Å². The molecule has 0 bridgehead atoms. The summed E-state index contributed by atoms with van der Waals surface area (Å²) in [6.45, 7) is 9.79. The van der Waals surface area contributed by atoms with E-state index in [4.69, 9.17) is 9.26 Å². The summed E-state index contributed by atoms with van der Waals surface area (Å²) in [6, 6.07) is 7.39. The molecule has 0 fully saturated rings. The van der Waals surface area contributed by atoms with Crippen LogP contribution in [0.5, 0.6) is 17.2 Å². The molecule has 3 aromatic rings. The first kappa shape index (κ1) is 26.9. The standard InChI is InChI=1S/C30H29N3O7/c1-13(2)29-32-21(33-40-29)11-17-7-9-18(10-8-17)31-15(4)22-19(35)12-20-30(6,28(22)38)24-26(37)14(3)25(36)23(16(5)34)27(24)39-20/h7-10,12-13,31,36-37H,11H2,1-6H3/t30-/m0/s1. The average Bonchev–Trinajstić information content (AvgIpc) is 3.47. The maximum Gasteiger partial charge on any atom is 0.229 e. The van der Waals surface area contributed by atoms with Gasteiger partial charge in [-0.2, -0.15) is 4.98 Å². The van der Waals surface area contributed by atoms with Crippen LogP contribution in [0, 0.1) is 6.92 Å². The summed E-state index contributed by atoms with van der Waals surface area (Å²) in [4.78, 5) is 43.8. The molecule has 1 aromatic heterocycles. The van der Waals surface area contributed by atoms with Gasteiger partial charge in [0.2, 0.25) is 5.89 Å². The van der Waals surface area contributed by atoms with Gasteiger partial charge < -0.3 is 24.8 Å². The van der Waals surface area contributed by atoms with E-state index in [1.54, 1.807) is 6.92 Å². The van der Waals surface area contributed by atoms with Crippen LogP contribution in [-0.2, 0) is 21.4 Å². The molecule has 5 rings (SSSR count). The van der Waals surface area contributed by atoms with Gasteiger partial charge in [0.15, 0.2) is 23.2 Å². The van der Waals surface area contributed by atoms with E-state index in [0.29, 0.717) is 29.5 Å². The van der Waals surface area contributed by atoms with Gasteiger partial charge >= 0.3 is 0 Å². The SMILES string of the molecule is CC(=O)c1c(O)c(C)c(O)c2c1OC1=CC(=O)C(=C(C)Nc3ccc(Cc4noc(C(C)C)n4)cc3)C(=O)[C@@]12C. The van der Waals surface area contributed by atoms with Crippen LogP contribution in [0.1, 0.15) is 79.3 Å². The number of phenols is 2. The van der Waals surface area contributed by atoms with Crippen LogP contribution in [-0.4, -0.2) is 37.7 Å². The fourth-order valence-corrected chi connectivity index (χ4v) is 5.10. The van der Waals surface area contributed by atoms with E-state index in [1.165, 1.54) is 26.8 Å². The summed E-state index contributed by atoms with van der Waals surface area (Å²) in [6.07, 6.45) is 1.68. The number of ether oxygens (including phenoxy) is 1. The number of aromatic hydroxyl groups is 2. The molecule has 0 unspecified atom stereocenters. The normalized spacial score (nSPS) is 19.2. The number of fused-ring (bicyclic) bond motifs is 3. The molecule has 0 spiro atoms. The third-order valence-electron chi connectivity index (χ3n) is 7.39. The number of nitrogens with one attached hydrogen (secondary N) is 1. The number of carbonyl (C=O) groups is 3. The minimum absolute atomic E-state index is 0.0108. The Hall–Kier alpha value is -4.73. The van der Waals surface area contributed by atoms with Crippen molar-refractivity contribution in [2.75, 3.05) is 5.32 Å². The van der Waals surface area contributed by atoms with Gasteiger partial charge in [0.25, 0.3) is 0 Å². The number of Topliss-reactive ketones (excluding diaryl/α,β-unsaturated/α-hetero) is 2. The van der Waals surface area contributed by atoms with Crippen molar-refractivity contribution in [2.45, 2.75) is 59.3 Å². The highest BCUT2D eigenvalue weighted by Gasteiger charge is 2.56. The number of hydrogen-bond acceptors (Lipinski definition) is 10. The van der Waals surface area contributed by atoms with E-state index >= 15 is 0 Å². The lowest BCUT2D eigenvalue weighted by Gasteiger charge is -2.29. The zero-order valence-electron chi connectivity index (χ0n) is 23.0. The second-order valence-electron chi connectivity index (χ2n) is 10.6. The van der Waals surface area contributed by atoms with Gasteiger partial charge in [-0.05, 0) is 45.4 Å². The molecule has 40 heavy (non-hydrogen) atoms. The van der Waals surface area contributed by atoms with Crippen molar-refractivity contribution in [3.05, 3.63) is 81.3 Å². The number of nitrogens with zero attached hydrogens (tertiary/aromatic N) is 2. The topological polar surface area (TPSA) is 152 Å². The van der Waals surface area contributed by atoms with Gasteiger partial charge in [-0.1, -0.05) is 31.1 Å². The lowest BCUT2D eigenvalue weighted by atomic mass is 9.70. The zero-order valence-corrected chi connectivity index (χ0v) is 23.0. The van der Waals surface area contributed by atoms with Crippen molar-refractivity contribution in [3.8, 4) is 17.2 Å². The molecule has 10 heteroatoms. The van der Waals surface area contributed by atoms with Crippen molar-refractivity contribution >= 4 is 23.0 Å². The molecular weight excluding hydrogens is 514 g/mol. The monoisotopic (exact) mass is 543 g/mol. The summed E-state index contributed by atoms with van der Waals surface area (Å²) in [7, 11) is 0. The predicted octanol–water partition coefficient (Wildman–Crippen LogP) is 4.78. The number of rotatable bonds is 6. The van der Waals surface area contributed by atoms with E-state index in [-0.39, 0.29) is 45.4 Å². The van der Waals surface area contributed by atoms with Gasteiger partial charge in [-0.15, -0.1) is 0 Å². The van der Waals surface area contributed by atoms with Crippen LogP contribution < -0.4 is 10.1 Å². The summed E-state index contributed by atoms with van der Waals surface area (Å²) in [5.74, 6) is -1.30. The Labute approximate surface area is 230 Å². The first-order valence-corrected chi connectivity index (χ1v) is 12.8. The van der Waals surface area contributed by atoms with Gasteiger partial charge in [-0.3, -0.25) is 14.4 Å². The Kier molecular flexibility index (Phi) is 6.36. The van der Waals surface area contributed by atoms with Crippen molar-refractivity contribution in [3.63, 3.8) is 0 Å². The fourth-order valence-electron chi connectivity index (χ4n) is 5.10. The summed E-state index contributed by atoms with van der Waals surface area (Å²) >= 11 is 0. The third-order valence-corrected chi connectivity index (χ3v) is 7.39. The quantitative estimate of drug-likeness (QED) is 0.225. The molecule has 0 radical (unpaired) electrons. The Morgan fingerprint density at radius 3 is 2.38 bits per heavy atom. The molecular formula is C30H29N3O7. The van der Waals surface area contributed by atoms with Crippen molar-refractivity contribution < 1.29 is 33.9 Å². The second-order valence-corrected chi connectivity index (χ2v) is 10.6. The Morgan fingerprint density at radius 1 is 1.10 bits per heavy atom. The lowest BCUT2D eigenvalue weighted by molar-refractivity contribution is -0.123. The molecule has 0 amide bonds. The fraction of sp³-hybridized carbons (Fsp3) is 0.300. The molecule has 0 saturated carbocycles. The van der Waals surface area contributed by atoms with E-state index in [1.807, 2.05) is 38.1 Å². The highest BCUT2D eigenvalue weighted by Crippen LogP contribution is 2.57. The molecule has 3 N–H and O–H groups in total. The van der Waals surface area contributed by atoms with Crippen molar-refractivity contribution in [1.29, 1.82) is 0 Å². The Bertz CT molecular complexity index is 1660. The minimum atomic E-state index is -1.57. The first-order chi connectivity index (χ1) is 18.8. The van der Waals surface area contributed by atoms with E-state index in [0.717, 1.165) is 5.56 Å². The lowest BCUT2D eigenvalue weighted by Crippen LogP contribution is -2.40. The summed E-state index contributed by atoms with van der Waals surface area (Å²) < 4.78 is 11.1. The number of allylic oxidation sites excluding steroid dienone is 4. The van der Waals surface area contributed by atoms with Gasteiger partial charge in [-0.25, -0.2) is 0 Å². The van der Waals surface area contributed by atoms with Crippen LogP contribution in [0.25, 0.3) is 0 Å². The number of carbonyl (C=O) groups excluding carboxylic acids is 3. The number of benzene rings is 2. The maximum absolute atomic E-state index is 13.9. The smallest absolute Gasteiger partial charge is 0.229 e. The molecule has 10 nitrogen and oxygen atoms in total. The van der Waals surface area contributed by atoms with E-state index < -0.39 is 28.5 Å². The van der Waals surface area contributed by atoms with E-state index in [9.17, 15) is 24.6 Å². The Balaban J connectivity index is 1.46. The van der Waals surface area contributed by atoms with Gasteiger partial charge in [0.05, 0.1) is 11.1 Å². The summed E-state index contributed by atoms with van der Waals surface area (Å²) in [5.41, 5.74) is 0.183. The van der Waals surface area contributed by atoms with Crippen LogP contribution in [0.4, 0.5) is 5.69 Å². The van der Waals surface area contributed by atoms with Gasteiger partial charge in [0, 0.05) is 35.4 Å². The van der Waals surface area contributed by atoms with Crippen LogP contribution >= 0.6 is 0 Å². The summed E-state index contributed by atoms with van der Waals surface area (Å²) in [5, 5.41) is 28.6. The van der Waals surface area contributed by atoms with Crippen LogP contribution in [0.15, 0.2) is 51.9 Å². The number of hydrogen-bond donors (Lipinski definition) is 3. The van der Waals surface area contributed by atoms with Crippen LogP contribution in [0.2, 0.25) is 0 Å². The highest BCUT2D eigenvalue weighted by molar-refractivity contribution is 6.31. The third kappa shape index (κ3) is 4.07. The molecule has 2 aromatic carbocycles. The van der Waals surface area contributed by atoms with Crippen LogP contribution in [0.3, 0.4) is 0 Å². The molecule has 206 valence electrons. The zero-order chi connectivity index (χ0) is 29.1. The number of ketones is 3. The maximum atomic E-state index is 13.9. The predicted molar refractivity (Wildman–Crippen MR) is 145 cm³/mol. The van der Waals surface area contributed by atoms with Crippen molar-refractivity contribution in [1.82, 2.24) is 10.1 Å². The minimum Gasteiger partial charge on any atom is -0.507 e. The molecule has 1 atom stereocenters. The molecule has 2 aliphatic rings. The molecule has 1 aliphatic carbocycles. The average molecular weight is 544 g/mol. The highest BCUT2D eigenvalue weighted by atomic mass is 16.5. The van der Waals surface area contributed by atoms with Gasteiger partial charge in [0.1, 0.15) is 34.0 Å². The van der Waals surface area contributed by atoms with Crippen molar-refractivity contribution in [2.24, 2.45) is 0 Å². The number of phenolic OH excluding ortho intramolecular Hbond substituents is 2. The molecule has 0 saturated heterocycles. The number of aromatic nitrogens is 2. The first-order valence-electron chi connectivity index (χ1n) is 12.8.